The smallest absolute Gasteiger partial charge is 0.129 e. The Morgan fingerprint density at radius 1 is 1.58 bits per heavy atom. The molecule has 4 heteroatoms. The van der Waals surface area contributed by atoms with Crippen molar-refractivity contribution in [2.45, 2.75) is 12.5 Å². The Balaban J connectivity index is 1.94. The van der Waals surface area contributed by atoms with Gasteiger partial charge in [0.05, 0.1) is 12.6 Å². The van der Waals surface area contributed by atoms with E-state index in [9.17, 15) is 0 Å². The minimum Gasteiger partial charge on any atom is -0.379 e. The quantitative estimate of drug-likeness (QED) is 0.700. The summed E-state index contributed by atoms with van der Waals surface area (Å²) in [5.41, 5.74) is 0. The molecule has 4 nitrogen and oxygen atoms in total. The third-order valence-corrected chi connectivity index (χ3v) is 1.86. The maximum absolute atomic E-state index is 5.22. The molecule has 2 rings (SSSR count). The Morgan fingerprint density at radius 2 is 2.58 bits per heavy atom. The summed E-state index contributed by atoms with van der Waals surface area (Å²) in [7, 11) is 0. The van der Waals surface area contributed by atoms with Gasteiger partial charge in [-0.05, 0) is 12.5 Å². The van der Waals surface area contributed by atoms with Crippen LogP contribution in [0.1, 0.15) is 6.42 Å². The summed E-state index contributed by atoms with van der Waals surface area (Å²) in [6.07, 6.45) is 4.33. The van der Waals surface area contributed by atoms with Crippen molar-refractivity contribution in [2.75, 3.05) is 18.5 Å². The van der Waals surface area contributed by atoms with Crippen LogP contribution in [0.3, 0.4) is 0 Å². The number of hydrogen-bond acceptors (Lipinski definition) is 4. The van der Waals surface area contributed by atoms with Crippen molar-refractivity contribution in [3.05, 3.63) is 18.6 Å². The molecular formula is C8H11N3O. The third kappa shape index (κ3) is 1.71. The molecule has 2 heterocycles. The van der Waals surface area contributed by atoms with Crippen LogP contribution in [0, 0.1) is 0 Å². The molecule has 1 aliphatic rings. The van der Waals surface area contributed by atoms with E-state index in [-0.39, 0.29) is 0 Å². The maximum atomic E-state index is 5.22. The normalized spacial score (nSPS) is 22.5. The van der Waals surface area contributed by atoms with Crippen molar-refractivity contribution < 1.29 is 4.74 Å². The van der Waals surface area contributed by atoms with Gasteiger partial charge in [0.15, 0.2) is 0 Å². The highest BCUT2D eigenvalue weighted by Gasteiger charge is 2.14. The van der Waals surface area contributed by atoms with Crippen molar-refractivity contribution in [1.29, 1.82) is 0 Å². The maximum Gasteiger partial charge on any atom is 0.129 e. The van der Waals surface area contributed by atoms with Gasteiger partial charge in [0.25, 0.3) is 0 Å². The Bertz CT molecular complexity index is 233. The van der Waals surface area contributed by atoms with Gasteiger partial charge in [-0.2, -0.15) is 0 Å². The van der Waals surface area contributed by atoms with Gasteiger partial charge < -0.3 is 10.1 Å². The van der Waals surface area contributed by atoms with Gasteiger partial charge in [-0.15, -0.1) is 0 Å². The van der Waals surface area contributed by atoms with Crippen LogP contribution in [0.15, 0.2) is 18.6 Å². The topological polar surface area (TPSA) is 47.0 Å². The average molecular weight is 165 g/mol. The summed E-state index contributed by atoms with van der Waals surface area (Å²) in [6, 6.07) is 2.28. The van der Waals surface area contributed by atoms with E-state index in [1.807, 2.05) is 6.07 Å². The minimum absolute atomic E-state index is 0.417. The van der Waals surface area contributed by atoms with Crippen LogP contribution in [-0.4, -0.2) is 29.2 Å². The zero-order valence-corrected chi connectivity index (χ0v) is 6.73. The van der Waals surface area contributed by atoms with Gasteiger partial charge in [-0.25, -0.2) is 9.97 Å². The van der Waals surface area contributed by atoms with Gasteiger partial charge >= 0.3 is 0 Å². The predicted octanol–water partition coefficient (Wildman–Crippen LogP) is 0.677. The number of nitrogens with zero attached hydrogens (tertiary/aromatic N) is 2. The molecule has 1 aliphatic heterocycles. The van der Waals surface area contributed by atoms with E-state index in [1.54, 1.807) is 6.20 Å². The van der Waals surface area contributed by atoms with Crippen molar-refractivity contribution in [1.82, 2.24) is 9.97 Å². The largest absolute Gasteiger partial charge is 0.379 e. The van der Waals surface area contributed by atoms with E-state index in [2.05, 4.69) is 15.3 Å². The van der Waals surface area contributed by atoms with Crippen molar-refractivity contribution in [3.8, 4) is 0 Å². The van der Waals surface area contributed by atoms with E-state index in [0.717, 1.165) is 25.5 Å². The highest BCUT2D eigenvalue weighted by atomic mass is 16.5. The molecule has 64 valence electrons. The van der Waals surface area contributed by atoms with E-state index in [0.29, 0.717) is 6.04 Å². The van der Waals surface area contributed by atoms with E-state index in [1.165, 1.54) is 6.33 Å². The predicted molar refractivity (Wildman–Crippen MR) is 44.9 cm³/mol. The number of nitrogens with one attached hydrogen (secondary N) is 1. The number of ether oxygens (including phenoxy) is 1. The molecule has 1 atom stereocenters. The van der Waals surface area contributed by atoms with Gasteiger partial charge in [0.2, 0.25) is 0 Å². The molecule has 1 saturated heterocycles. The molecule has 1 aromatic heterocycles. The standard InChI is InChI=1S/C8H11N3O/c1-3-9-6-10-8(1)11-7-2-4-12-5-7/h1,3,6-7H,2,4-5H2,(H,9,10,11). The van der Waals surface area contributed by atoms with Gasteiger partial charge in [-0.1, -0.05) is 0 Å². The van der Waals surface area contributed by atoms with Crippen LogP contribution in [0.5, 0.6) is 0 Å². The Hall–Kier alpha value is -1.16. The number of hydrogen-bond donors (Lipinski definition) is 1. The molecule has 1 unspecified atom stereocenters. The molecule has 12 heavy (non-hydrogen) atoms. The second-order valence-electron chi connectivity index (χ2n) is 2.80. The highest BCUT2D eigenvalue weighted by Crippen LogP contribution is 2.09. The van der Waals surface area contributed by atoms with Gasteiger partial charge in [0, 0.05) is 12.8 Å². The SMILES string of the molecule is c1cc(NC2CCOC2)ncn1. The van der Waals surface area contributed by atoms with Crippen molar-refractivity contribution in [3.63, 3.8) is 0 Å². The van der Waals surface area contributed by atoms with Crippen LogP contribution in [-0.2, 0) is 4.74 Å². The third-order valence-electron chi connectivity index (χ3n) is 1.86. The summed E-state index contributed by atoms with van der Waals surface area (Å²) in [4.78, 5) is 7.90. The minimum atomic E-state index is 0.417. The fourth-order valence-corrected chi connectivity index (χ4v) is 1.23. The molecule has 1 aromatic rings. The number of anilines is 1. The molecule has 0 aromatic carbocycles. The van der Waals surface area contributed by atoms with Crippen molar-refractivity contribution in [2.24, 2.45) is 0 Å². The summed E-state index contributed by atoms with van der Waals surface area (Å²) in [5, 5.41) is 3.26. The lowest BCUT2D eigenvalue weighted by molar-refractivity contribution is 0.195. The molecule has 0 amide bonds. The molecule has 0 aliphatic carbocycles. The second kappa shape index (κ2) is 3.49. The van der Waals surface area contributed by atoms with Crippen LogP contribution >= 0.6 is 0 Å². The molecular weight excluding hydrogens is 154 g/mol. The molecule has 0 saturated carbocycles. The lowest BCUT2D eigenvalue weighted by Gasteiger charge is -2.09. The lowest BCUT2D eigenvalue weighted by atomic mass is 10.2. The van der Waals surface area contributed by atoms with Crippen LogP contribution in [0.25, 0.3) is 0 Å². The van der Waals surface area contributed by atoms with Crippen LogP contribution < -0.4 is 5.32 Å². The summed E-state index contributed by atoms with van der Waals surface area (Å²) < 4.78 is 5.22. The molecule has 1 fully saturated rings. The highest BCUT2D eigenvalue weighted by molar-refractivity contribution is 5.33. The number of rotatable bonds is 2. The Morgan fingerprint density at radius 3 is 3.25 bits per heavy atom. The molecule has 1 N–H and O–H groups in total. The first-order chi connectivity index (χ1) is 5.95. The fraction of sp³-hybridized carbons (Fsp3) is 0.500. The monoisotopic (exact) mass is 165 g/mol. The van der Waals surface area contributed by atoms with Crippen LogP contribution in [0.4, 0.5) is 5.82 Å². The Kier molecular flexibility index (Phi) is 2.18. The second-order valence-corrected chi connectivity index (χ2v) is 2.80. The molecule has 0 radical (unpaired) electrons. The first kappa shape index (κ1) is 7.49. The van der Waals surface area contributed by atoms with E-state index >= 15 is 0 Å². The van der Waals surface area contributed by atoms with Crippen LogP contribution in [0.2, 0.25) is 0 Å². The van der Waals surface area contributed by atoms with Crippen molar-refractivity contribution >= 4 is 5.82 Å². The van der Waals surface area contributed by atoms with E-state index < -0.39 is 0 Å². The first-order valence-electron chi connectivity index (χ1n) is 4.05. The number of aromatic nitrogens is 2. The van der Waals surface area contributed by atoms with Gasteiger partial charge in [-0.3, -0.25) is 0 Å². The lowest BCUT2D eigenvalue weighted by Crippen LogP contribution is -2.19. The first-order valence-corrected chi connectivity index (χ1v) is 4.05. The van der Waals surface area contributed by atoms with E-state index in [4.69, 9.17) is 4.74 Å². The average Bonchev–Trinajstić information content (AvgIpc) is 2.59. The zero-order valence-electron chi connectivity index (χ0n) is 6.73. The molecule has 0 bridgehead atoms. The fourth-order valence-electron chi connectivity index (χ4n) is 1.23. The van der Waals surface area contributed by atoms with Gasteiger partial charge in [0.1, 0.15) is 12.1 Å². The summed E-state index contributed by atoms with van der Waals surface area (Å²) >= 11 is 0. The molecule has 0 spiro atoms. The Labute approximate surface area is 71.0 Å². The zero-order chi connectivity index (χ0) is 8.23. The summed E-state index contributed by atoms with van der Waals surface area (Å²) in [6.45, 7) is 1.63. The summed E-state index contributed by atoms with van der Waals surface area (Å²) in [5.74, 6) is 0.875.